The van der Waals surface area contributed by atoms with Crippen molar-refractivity contribution in [2.75, 3.05) is 25.0 Å². The Hall–Kier alpha value is -2.23. The lowest BCUT2D eigenvalue weighted by atomic mass is 9.97. The Morgan fingerprint density at radius 2 is 1.90 bits per heavy atom. The number of anilines is 1. The Bertz CT molecular complexity index is 1030. The van der Waals surface area contributed by atoms with E-state index in [1.54, 1.807) is 28.9 Å². The third kappa shape index (κ3) is 5.53. The van der Waals surface area contributed by atoms with Crippen molar-refractivity contribution in [3.63, 3.8) is 0 Å². The Kier molecular flexibility index (Phi) is 7.18. The van der Waals surface area contributed by atoms with Crippen LogP contribution in [-0.2, 0) is 21.9 Å². The summed E-state index contributed by atoms with van der Waals surface area (Å²) in [6, 6.07) is 6.53. The number of nitrogens with zero attached hydrogens (tertiary/aromatic N) is 3. The lowest BCUT2D eigenvalue weighted by molar-refractivity contribution is -0.121. The van der Waals surface area contributed by atoms with Gasteiger partial charge < -0.3 is 5.32 Å². The number of piperidine rings is 1. The van der Waals surface area contributed by atoms with Crippen molar-refractivity contribution in [2.24, 2.45) is 13.0 Å². The molecule has 1 aliphatic rings. The maximum atomic E-state index is 12.9. The molecule has 1 amide bonds. The summed E-state index contributed by atoms with van der Waals surface area (Å²) in [5.41, 5.74) is 3.49. The van der Waals surface area contributed by atoms with Crippen LogP contribution < -0.4 is 10.0 Å². The molecule has 1 aromatic carbocycles. The number of carbonyl (C=O) groups excluding carboxylic acids is 1. The smallest absolute Gasteiger partial charge is 0.241 e. The summed E-state index contributed by atoms with van der Waals surface area (Å²) in [6.45, 7) is 9.49. The summed E-state index contributed by atoms with van der Waals surface area (Å²) < 4.78 is 29.7. The molecule has 0 spiro atoms. The third-order valence-electron chi connectivity index (χ3n) is 6.13. The molecule has 0 radical (unpaired) electrons. The Balaban J connectivity index is 1.58. The minimum atomic E-state index is -3.54. The van der Waals surface area contributed by atoms with E-state index in [0.29, 0.717) is 13.1 Å². The monoisotopic (exact) mass is 447 g/mol. The topological polar surface area (TPSA) is 96.3 Å². The van der Waals surface area contributed by atoms with Crippen molar-refractivity contribution in [3.8, 4) is 0 Å². The van der Waals surface area contributed by atoms with E-state index in [0.717, 1.165) is 42.0 Å². The van der Waals surface area contributed by atoms with Crippen molar-refractivity contribution >= 4 is 21.6 Å². The number of nitrogens with one attached hydrogen (secondary N) is 2. The highest BCUT2D eigenvalue weighted by Crippen LogP contribution is 2.22. The van der Waals surface area contributed by atoms with Gasteiger partial charge in [0.25, 0.3) is 0 Å². The highest BCUT2D eigenvalue weighted by atomic mass is 32.2. The van der Waals surface area contributed by atoms with E-state index < -0.39 is 10.0 Å². The SMILES string of the molecule is Cc1ccc(S(=O)(=O)NCC2CCCN(C(C)C(=O)Nc3c(C)nn(C)c3C)C2)cc1. The highest BCUT2D eigenvalue weighted by Gasteiger charge is 2.29. The van der Waals surface area contributed by atoms with Gasteiger partial charge >= 0.3 is 0 Å². The largest absolute Gasteiger partial charge is 0.322 e. The zero-order valence-electron chi connectivity index (χ0n) is 19.0. The van der Waals surface area contributed by atoms with Crippen LogP contribution in [0.2, 0.25) is 0 Å². The second-order valence-corrected chi connectivity index (χ2v) is 10.3. The predicted octanol–water partition coefficient (Wildman–Crippen LogP) is 2.36. The average molecular weight is 448 g/mol. The molecule has 2 unspecified atom stereocenters. The fourth-order valence-electron chi connectivity index (χ4n) is 3.99. The number of benzene rings is 1. The first-order valence-corrected chi connectivity index (χ1v) is 12.2. The van der Waals surface area contributed by atoms with E-state index in [4.69, 9.17) is 0 Å². The summed E-state index contributed by atoms with van der Waals surface area (Å²) in [6.07, 6.45) is 1.86. The predicted molar refractivity (Wildman–Crippen MR) is 121 cm³/mol. The molecule has 2 aromatic rings. The van der Waals surface area contributed by atoms with E-state index in [-0.39, 0.29) is 22.8 Å². The fraction of sp³-hybridized carbons (Fsp3) is 0.545. The van der Waals surface area contributed by atoms with Gasteiger partial charge in [-0.1, -0.05) is 17.7 Å². The molecule has 1 aromatic heterocycles. The van der Waals surface area contributed by atoms with Crippen LogP contribution in [0.15, 0.2) is 29.2 Å². The summed E-state index contributed by atoms with van der Waals surface area (Å²) in [4.78, 5) is 15.3. The van der Waals surface area contributed by atoms with E-state index in [1.807, 2.05) is 34.7 Å². The summed E-state index contributed by atoms with van der Waals surface area (Å²) >= 11 is 0. The van der Waals surface area contributed by atoms with Crippen molar-refractivity contribution in [1.29, 1.82) is 0 Å². The molecule has 0 saturated carbocycles. The van der Waals surface area contributed by atoms with Gasteiger partial charge in [-0.3, -0.25) is 14.4 Å². The van der Waals surface area contributed by atoms with Crippen LogP contribution in [0.4, 0.5) is 5.69 Å². The van der Waals surface area contributed by atoms with Gasteiger partial charge in [0.2, 0.25) is 15.9 Å². The zero-order valence-corrected chi connectivity index (χ0v) is 19.8. The van der Waals surface area contributed by atoms with Crippen LogP contribution in [-0.4, -0.2) is 54.7 Å². The molecule has 1 fully saturated rings. The molecule has 31 heavy (non-hydrogen) atoms. The first kappa shape index (κ1) is 23.4. The molecular weight excluding hydrogens is 414 g/mol. The number of aryl methyl sites for hydroxylation is 3. The molecule has 2 N–H and O–H groups in total. The van der Waals surface area contributed by atoms with Crippen molar-refractivity contribution < 1.29 is 13.2 Å². The Labute approximate surface area is 185 Å². The average Bonchev–Trinajstić information content (AvgIpc) is 2.98. The number of amides is 1. The lowest BCUT2D eigenvalue weighted by Gasteiger charge is -2.36. The number of aromatic nitrogens is 2. The number of rotatable bonds is 7. The molecule has 0 aliphatic carbocycles. The van der Waals surface area contributed by atoms with Crippen LogP contribution in [0.25, 0.3) is 0 Å². The molecular formula is C22H33N5O3S. The van der Waals surface area contributed by atoms with E-state index >= 15 is 0 Å². The molecule has 9 heteroatoms. The maximum Gasteiger partial charge on any atom is 0.241 e. The van der Waals surface area contributed by atoms with Crippen LogP contribution in [0.5, 0.6) is 0 Å². The minimum Gasteiger partial charge on any atom is -0.322 e. The summed E-state index contributed by atoms with van der Waals surface area (Å²) in [7, 11) is -1.68. The van der Waals surface area contributed by atoms with Gasteiger partial charge in [0, 0.05) is 20.1 Å². The number of sulfonamides is 1. The van der Waals surface area contributed by atoms with Gasteiger partial charge in [-0.2, -0.15) is 5.10 Å². The Morgan fingerprint density at radius 3 is 2.52 bits per heavy atom. The van der Waals surface area contributed by atoms with E-state index in [2.05, 4.69) is 20.0 Å². The van der Waals surface area contributed by atoms with E-state index in [9.17, 15) is 13.2 Å². The first-order valence-electron chi connectivity index (χ1n) is 10.7. The molecule has 1 saturated heterocycles. The zero-order chi connectivity index (χ0) is 22.8. The minimum absolute atomic E-state index is 0.0694. The molecule has 3 rings (SSSR count). The molecule has 1 aliphatic heterocycles. The standard InChI is InChI=1S/C22H33N5O3S/c1-15-8-10-20(11-9-15)31(29,30)23-13-19-7-6-12-27(14-19)18(4)22(28)24-21-16(2)25-26(5)17(21)3/h8-11,18-19,23H,6-7,12-14H2,1-5H3,(H,24,28). The Morgan fingerprint density at radius 1 is 1.23 bits per heavy atom. The second kappa shape index (κ2) is 9.50. The molecule has 2 heterocycles. The molecule has 0 bridgehead atoms. The van der Waals surface area contributed by atoms with E-state index in [1.165, 1.54) is 0 Å². The highest BCUT2D eigenvalue weighted by molar-refractivity contribution is 7.89. The number of carbonyl (C=O) groups is 1. The fourth-order valence-corrected chi connectivity index (χ4v) is 5.11. The van der Waals surface area contributed by atoms with Crippen LogP contribution in [0.1, 0.15) is 36.7 Å². The molecule has 8 nitrogen and oxygen atoms in total. The maximum absolute atomic E-state index is 12.9. The van der Waals surface area contributed by atoms with Gasteiger partial charge in [0.05, 0.1) is 28.0 Å². The number of likely N-dealkylation sites (tertiary alicyclic amines) is 1. The van der Waals surface area contributed by atoms with Crippen LogP contribution >= 0.6 is 0 Å². The third-order valence-corrected chi connectivity index (χ3v) is 7.57. The quantitative estimate of drug-likeness (QED) is 0.679. The first-order chi connectivity index (χ1) is 14.6. The van der Waals surface area contributed by atoms with Crippen LogP contribution in [0, 0.1) is 26.7 Å². The molecule has 2 atom stereocenters. The van der Waals surface area contributed by atoms with Gasteiger partial charge in [-0.25, -0.2) is 13.1 Å². The number of hydrogen-bond donors (Lipinski definition) is 2. The number of hydrogen-bond acceptors (Lipinski definition) is 5. The van der Waals surface area contributed by atoms with Gasteiger partial charge in [-0.15, -0.1) is 0 Å². The second-order valence-electron chi connectivity index (χ2n) is 8.50. The summed E-state index contributed by atoms with van der Waals surface area (Å²) in [5.74, 6) is 0.0890. The van der Waals surface area contributed by atoms with Gasteiger partial charge in [0.1, 0.15) is 0 Å². The van der Waals surface area contributed by atoms with Gasteiger partial charge in [0.15, 0.2) is 0 Å². The normalized spacial score (nSPS) is 18.7. The summed E-state index contributed by atoms with van der Waals surface area (Å²) in [5, 5.41) is 7.37. The molecule has 170 valence electrons. The van der Waals surface area contributed by atoms with Crippen molar-refractivity contribution in [3.05, 3.63) is 41.2 Å². The van der Waals surface area contributed by atoms with Crippen LogP contribution in [0.3, 0.4) is 0 Å². The van der Waals surface area contributed by atoms with Gasteiger partial charge in [-0.05, 0) is 65.1 Å². The van der Waals surface area contributed by atoms with Crippen molar-refractivity contribution in [1.82, 2.24) is 19.4 Å². The lowest BCUT2D eigenvalue weighted by Crippen LogP contribution is -2.49. The van der Waals surface area contributed by atoms with Crippen molar-refractivity contribution in [2.45, 2.75) is 51.5 Å².